The molecule has 0 radical (unpaired) electrons. The Morgan fingerprint density at radius 1 is 1.53 bits per heavy atom. The largest absolute Gasteiger partial charge is 0.357 e. The molecule has 2 amide bonds. The van der Waals surface area contributed by atoms with E-state index in [2.05, 4.69) is 20.6 Å². The van der Waals surface area contributed by atoms with E-state index in [1.165, 1.54) is 0 Å². The van der Waals surface area contributed by atoms with E-state index in [4.69, 9.17) is 0 Å². The number of nitrogens with zero attached hydrogens (tertiary/aromatic N) is 3. The van der Waals surface area contributed by atoms with Gasteiger partial charge in [0.2, 0.25) is 17.8 Å². The Balaban J connectivity index is 2.30. The molecular formula is C10H13N5O2. The SMILES string of the molecule is CNc1nccc(N2CC(=O)NC(=O)C2C)n1. The lowest BCUT2D eigenvalue weighted by atomic mass is 10.2. The molecular weight excluding hydrogens is 222 g/mol. The number of amides is 2. The average molecular weight is 235 g/mol. The Morgan fingerprint density at radius 2 is 2.29 bits per heavy atom. The summed E-state index contributed by atoms with van der Waals surface area (Å²) in [5, 5.41) is 5.09. The molecule has 1 aliphatic heterocycles. The first-order chi connectivity index (χ1) is 8.11. The fourth-order valence-corrected chi connectivity index (χ4v) is 1.62. The predicted molar refractivity (Wildman–Crippen MR) is 61.5 cm³/mol. The average Bonchev–Trinajstić information content (AvgIpc) is 2.34. The summed E-state index contributed by atoms with van der Waals surface area (Å²) in [7, 11) is 1.70. The second-order valence-corrected chi connectivity index (χ2v) is 3.70. The van der Waals surface area contributed by atoms with Crippen LogP contribution in [0.1, 0.15) is 6.92 Å². The standard InChI is InChI=1S/C10H13N5O2/c1-6-9(17)14-8(16)5-15(6)7-3-4-12-10(11-2)13-7/h3-4,6H,5H2,1-2H3,(H,11,12,13)(H,14,16,17). The van der Waals surface area contributed by atoms with E-state index in [0.29, 0.717) is 11.8 Å². The minimum atomic E-state index is -0.424. The van der Waals surface area contributed by atoms with Crippen LogP contribution in [0.2, 0.25) is 0 Å². The number of nitrogens with one attached hydrogen (secondary N) is 2. The van der Waals surface area contributed by atoms with Crippen molar-refractivity contribution in [3.8, 4) is 0 Å². The Labute approximate surface area is 98.2 Å². The van der Waals surface area contributed by atoms with E-state index < -0.39 is 6.04 Å². The van der Waals surface area contributed by atoms with Crippen LogP contribution in [-0.2, 0) is 9.59 Å². The van der Waals surface area contributed by atoms with Gasteiger partial charge in [-0.3, -0.25) is 14.9 Å². The van der Waals surface area contributed by atoms with Crippen molar-refractivity contribution in [2.45, 2.75) is 13.0 Å². The molecule has 1 saturated heterocycles. The normalized spacial score (nSPS) is 20.1. The maximum Gasteiger partial charge on any atom is 0.249 e. The van der Waals surface area contributed by atoms with E-state index in [1.54, 1.807) is 31.1 Å². The van der Waals surface area contributed by atoms with Crippen LogP contribution >= 0.6 is 0 Å². The second-order valence-electron chi connectivity index (χ2n) is 3.70. The van der Waals surface area contributed by atoms with Gasteiger partial charge in [-0.2, -0.15) is 4.98 Å². The molecule has 7 heteroatoms. The lowest BCUT2D eigenvalue weighted by Gasteiger charge is -2.32. The Morgan fingerprint density at radius 3 is 3.00 bits per heavy atom. The molecule has 1 atom stereocenters. The zero-order valence-electron chi connectivity index (χ0n) is 9.60. The zero-order chi connectivity index (χ0) is 12.4. The van der Waals surface area contributed by atoms with Crippen LogP contribution in [0.25, 0.3) is 0 Å². The van der Waals surface area contributed by atoms with Gasteiger partial charge in [-0.15, -0.1) is 0 Å². The molecule has 0 aromatic carbocycles. The number of piperazine rings is 1. The van der Waals surface area contributed by atoms with Crippen molar-refractivity contribution >= 4 is 23.6 Å². The number of hydrogen-bond acceptors (Lipinski definition) is 6. The topological polar surface area (TPSA) is 87.2 Å². The Hall–Kier alpha value is -2.18. The van der Waals surface area contributed by atoms with E-state index in [0.717, 1.165) is 0 Å². The van der Waals surface area contributed by atoms with Crippen molar-refractivity contribution < 1.29 is 9.59 Å². The third-order valence-electron chi connectivity index (χ3n) is 2.58. The van der Waals surface area contributed by atoms with Gasteiger partial charge >= 0.3 is 0 Å². The highest BCUT2D eigenvalue weighted by molar-refractivity contribution is 6.04. The zero-order valence-corrected chi connectivity index (χ0v) is 9.60. The van der Waals surface area contributed by atoms with E-state index >= 15 is 0 Å². The van der Waals surface area contributed by atoms with Crippen LogP contribution in [0, 0.1) is 0 Å². The molecule has 1 aliphatic rings. The summed E-state index contributed by atoms with van der Waals surface area (Å²) in [6.45, 7) is 1.84. The number of imide groups is 1. The highest BCUT2D eigenvalue weighted by Gasteiger charge is 2.31. The van der Waals surface area contributed by atoms with Gasteiger partial charge < -0.3 is 10.2 Å². The van der Waals surface area contributed by atoms with Crippen LogP contribution in [0.15, 0.2) is 12.3 Å². The molecule has 90 valence electrons. The molecule has 2 heterocycles. The van der Waals surface area contributed by atoms with Gasteiger partial charge in [0.25, 0.3) is 0 Å². The summed E-state index contributed by atoms with van der Waals surface area (Å²) in [6.07, 6.45) is 1.58. The smallest absolute Gasteiger partial charge is 0.249 e. The van der Waals surface area contributed by atoms with Crippen molar-refractivity contribution in [3.05, 3.63) is 12.3 Å². The summed E-state index contributed by atoms with van der Waals surface area (Å²) in [4.78, 5) is 32.7. The quantitative estimate of drug-likeness (QED) is 0.664. The highest BCUT2D eigenvalue weighted by Crippen LogP contribution is 2.16. The molecule has 0 spiro atoms. The van der Waals surface area contributed by atoms with Gasteiger partial charge in [-0.25, -0.2) is 4.98 Å². The molecule has 17 heavy (non-hydrogen) atoms. The van der Waals surface area contributed by atoms with Gasteiger partial charge in [0.15, 0.2) is 0 Å². The maximum absolute atomic E-state index is 11.5. The Bertz CT molecular complexity index is 462. The molecule has 1 fully saturated rings. The molecule has 0 aliphatic carbocycles. The van der Waals surface area contributed by atoms with Gasteiger partial charge in [0, 0.05) is 13.2 Å². The van der Waals surface area contributed by atoms with Crippen LogP contribution in [0.5, 0.6) is 0 Å². The van der Waals surface area contributed by atoms with E-state index in [1.807, 2.05) is 0 Å². The van der Waals surface area contributed by atoms with Gasteiger partial charge in [0.1, 0.15) is 11.9 Å². The van der Waals surface area contributed by atoms with Crippen molar-refractivity contribution in [3.63, 3.8) is 0 Å². The summed E-state index contributed by atoms with van der Waals surface area (Å²) in [5.74, 6) is 0.372. The van der Waals surface area contributed by atoms with Crippen molar-refractivity contribution in [2.24, 2.45) is 0 Å². The molecule has 0 bridgehead atoms. The summed E-state index contributed by atoms with van der Waals surface area (Å²) >= 11 is 0. The highest BCUT2D eigenvalue weighted by atomic mass is 16.2. The maximum atomic E-state index is 11.5. The fraction of sp³-hybridized carbons (Fsp3) is 0.400. The molecule has 2 rings (SSSR count). The van der Waals surface area contributed by atoms with Crippen LogP contribution in [0.3, 0.4) is 0 Å². The third kappa shape index (κ3) is 2.17. The molecule has 1 aromatic rings. The third-order valence-corrected chi connectivity index (χ3v) is 2.58. The summed E-state index contributed by atoms with van der Waals surface area (Å²) < 4.78 is 0. The molecule has 0 saturated carbocycles. The molecule has 7 nitrogen and oxygen atoms in total. The minimum absolute atomic E-state index is 0.118. The monoisotopic (exact) mass is 235 g/mol. The number of carbonyl (C=O) groups is 2. The van der Waals surface area contributed by atoms with E-state index in [-0.39, 0.29) is 18.4 Å². The van der Waals surface area contributed by atoms with Crippen LogP contribution in [-0.4, -0.2) is 41.4 Å². The van der Waals surface area contributed by atoms with Crippen molar-refractivity contribution in [1.29, 1.82) is 0 Å². The summed E-state index contributed by atoms with van der Waals surface area (Å²) in [6, 6.07) is 1.25. The number of hydrogen-bond donors (Lipinski definition) is 2. The first-order valence-corrected chi connectivity index (χ1v) is 5.23. The van der Waals surface area contributed by atoms with Crippen molar-refractivity contribution in [2.75, 3.05) is 23.8 Å². The molecule has 2 N–H and O–H groups in total. The first-order valence-electron chi connectivity index (χ1n) is 5.23. The number of anilines is 2. The fourth-order valence-electron chi connectivity index (χ4n) is 1.62. The lowest BCUT2D eigenvalue weighted by Crippen LogP contribution is -2.57. The number of carbonyl (C=O) groups excluding carboxylic acids is 2. The number of rotatable bonds is 2. The van der Waals surface area contributed by atoms with Crippen LogP contribution in [0.4, 0.5) is 11.8 Å². The molecule has 1 unspecified atom stereocenters. The van der Waals surface area contributed by atoms with Crippen molar-refractivity contribution in [1.82, 2.24) is 15.3 Å². The predicted octanol–water partition coefficient (Wildman–Crippen LogP) is -0.630. The second kappa shape index (κ2) is 4.36. The molecule has 1 aromatic heterocycles. The Kier molecular flexibility index (Phi) is 2.90. The van der Waals surface area contributed by atoms with Gasteiger partial charge in [-0.05, 0) is 13.0 Å². The van der Waals surface area contributed by atoms with E-state index in [9.17, 15) is 9.59 Å². The summed E-state index contributed by atoms with van der Waals surface area (Å²) in [5.41, 5.74) is 0. The van der Waals surface area contributed by atoms with Gasteiger partial charge in [0.05, 0.1) is 6.54 Å². The first kappa shape index (κ1) is 11.3. The van der Waals surface area contributed by atoms with Gasteiger partial charge in [-0.1, -0.05) is 0 Å². The minimum Gasteiger partial charge on any atom is -0.357 e. The number of aromatic nitrogens is 2. The van der Waals surface area contributed by atoms with Crippen LogP contribution < -0.4 is 15.5 Å². The lowest BCUT2D eigenvalue weighted by molar-refractivity contribution is -0.132.